The number of carbonyl (C=O) groups is 3. The monoisotopic (exact) mass is 460 g/mol. The first kappa shape index (κ1) is 22.1. The van der Waals surface area contributed by atoms with E-state index in [1.54, 1.807) is 28.0 Å². The van der Waals surface area contributed by atoms with Gasteiger partial charge in [-0.1, -0.05) is 12.1 Å². The lowest BCUT2D eigenvalue weighted by atomic mass is 9.73. The molecule has 1 aromatic heterocycles. The summed E-state index contributed by atoms with van der Waals surface area (Å²) in [4.78, 5) is 41.0. The number of urea groups is 1. The van der Waals surface area contributed by atoms with Gasteiger partial charge in [0.1, 0.15) is 16.3 Å². The summed E-state index contributed by atoms with van der Waals surface area (Å²) in [6, 6.07) is 6.86. The molecule has 0 unspecified atom stereocenters. The molecule has 3 N–H and O–H groups in total. The number of amides is 4. The molecule has 2 aromatic rings. The van der Waals surface area contributed by atoms with Crippen molar-refractivity contribution in [2.24, 2.45) is 11.1 Å². The molecule has 0 atom stereocenters. The van der Waals surface area contributed by atoms with Crippen LogP contribution < -0.4 is 11.1 Å². The maximum Gasteiger partial charge on any atom is 0.410 e. The summed E-state index contributed by atoms with van der Waals surface area (Å²) in [5.74, 6) is -0.625. The molecule has 3 heterocycles. The third-order valence-corrected chi connectivity index (χ3v) is 6.51. The molecule has 1 aromatic carbocycles. The minimum atomic E-state index is -0.783. The summed E-state index contributed by atoms with van der Waals surface area (Å²) in [6.07, 6.45) is -0.348. The van der Waals surface area contributed by atoms with Gasteiger partial charge in [0, 0.05) is 36.5 Å². The van der Waals surface area contributed by atoms with Gasteiger partial charge in [0.05, 0.1) is 5.69 Å². The highest BCUT2D eigenvalue weighted by Crippen LogP contribution is 2.43. The van der Waals surface area contributed by atoms with Crippen LogP contribution in [0.4, 0.5) is 19.7 Å². The second-order valence-corrected chi connectivity index (χ2v) is 10.4. The molecular weight excluding hydrogens is 435 g/mol. The van der Waals surface area contributed by atoms with E-state index in [0.717, 1.165) is 0 Å². The quantitative estimate of drug-likeness (QED) is 0.728. The normalized spacial score (nSPS) is 16.9. The average molecular weight is 461 g/mol. The lowest BCUT2D eigenvalue weighted by Gasteiger charge is -2.59. The predicted octanol–water partition coefficient (Wildman–Crippen LogP) is 3.74. The molecule has 2 saturated heterocycles. The Morgan fingerprint density at radius 3 is 2.38 bits per heavy atom. The van der Waals surface area contributed by atoms with Crippen molar-refractivity contribution in [3.05, 3.63) is 41.0 Å². The number of primary amides is 1. The van der Waals surface area contributed by atoms with Crippen molar-refractivity contribution in [3.63, 3.8) is 0 Å². The second kappa shape index (κ2) is 7.77. The number of anilines is 1. The largest absolute Gasteiger partial charge is 0.444 e. The van der Waals surface area contributed by atoms with Gasteiger partial charge in [-0.3, -0.25) is 4.79 Å². The van der Waals surface area contributed by atoms with Gasteiger partial charge in [-0.2, -0.15) is 0 Å². The summed E-state index contributed by atoms with van der Waals surface area (Å²) >= 11 is 1.17. The van der Waals surface area contributed by atoms with Crippen molar-refractivity contribution < 1.29 is 23.5 Å². The van der Waals surface area contributed by atoms with Crippen molar-refractivity contribution in [1.29, 1.82) is 0 Å². The van der Waals surface area contributed by atoms with Crippen LogP contribution in [0.1, 0.15) is 30.4 Å². The lowest BCUT2D eigenvalue weighted by molar-refractivity contribution is -0.0979. The SMILES string of the molecule is CC(C)(C)OC(=O)N1CC2(C1)CN(C(=O)c1sc(-c3cccc(F)c3)cc1NC(N)=O)C2. The van der Waals surface area contributed by atoms with Gasteiger partial charge in [-0.25, -0.2) is 14.0 Å². The van der Waals surface area contributed by atoms with Gasteiger partial charge >= 0.3 is 12.1 Å². The van der Waals surface area contributed by atoms with E-state index in [0.29, 0.717) is 47.2 Å². The molecule has 4 amide bonds. The summed E-state index contributed by atoms with van der Waals surface area (Å²) in [5.41, 5.74) is 5.51. The van der Waals surface area contributed by atoms with Gasteiger partial charge in [0.25, 0.3) is 5.91 Å². The van der Waals surface area contributed by atoms with Crippen LogP contribution in [0.25, 0.3) is 10.4 Å². The number of halogens is 1. The third kappa shape index (κ3) is 4.40. The summed E-state index contributed by atoms with van der Waals surface area (Å²) in [7, 11) is 0. The van der Waals surface area contributed by atoms with Gasteiger partial charge in [0.15, 0.2) is 0 Å². The highest BCUT2D eigenvalue weighted by molar-refractivity contribution is 7.18. The number of thiophene rings is 1. The molecule has 1 spiro atoms. The average Bonchev–Trinajstić information content (AvgIpc) is 3.00. The van der Waals surface area contributed by atoms with Crippen LogP contribution in [-0.2, 0) is 4.74 Å². The van der Waals surface area contributed by atoms with E-state index in [4.69, 9.17) is 10.5 Å². The molecule has 32 heavy (non-hydrogen) atoms. The fraction of sp³-hybridized carbons (Fsp3) is 0.409. The van der Waals surface area contributed by atoms with Crippen LogP contribution in [-0.4, -0.2) is 59.6 Å². The molecule has 0 aliphatic carbocycles. The number of ether oxygens (including phenoxy) is 1. The smallest absolute Gasteiger partial charge is 0.410 e. The minimum Gasteiger partial charge on any atom is -0.444 e. The fourth-order valence-electron chi connectivity index (χ4n) is 4.03. The molecule has 0 bridgehead atoms. The minimum absolute atomic E-state index is 0.119. The number of hydrogen-bond donors (Lipinski definition) is 2. The van der Waals surface area contributed by atoms with E-state index in [1.165, 1.54) is 23.5 Å². The standard InChI is InChI=1S/C22H25FN4O4S/c1-21(2,3)31-20(30)27-11-22(12-27)9-26(10-22)18(28)17-15(25-19(24)29)8-16(32-17)13-5-4-6-14(23)7-13/h4-8H,9-12H2,1-3H3,(H3,24,25,29). The molecule has 2 aliphatic rings. The van der Waals surface area contributed by atoms with Crippen LogP contribution in [0.15, 0.2) is 30.3 Å². The molecule has 0 radical (unpaired) electrons. The van der Waals surface area contributed by atoms with Gasteiger partial charge in [-0.05, 0) is 44.5 Å². The number of carbonyl (C=O) groups excluding carboxylic acids is 3. The van der Waals surface area contributed by atoms with Crippen LogP contribution >= 0.6 is 11.3 Å². The van der Waals surface area contributed by atoms with Crippen LogP contribution in [0.3, 0.4) is 0 Å². The van der Waals surface area contributed by atoms with Crippen LogP contribution in [0.2, 0.25) is 0 Å². The van der Waals surface area contributed by atoms with E-state index in [1.807, 2.05) is 20.8 Å². The molecule has 2 fully saturated rings. The first-order valence-electron chi connectivity index (χ1n) is 10.2. The van der Waals surface area contributed by atoms with Crippen molar-refractivity contribution in [2.75, 3.05) is 31.5 Å². The van der Waals surface area contributed by atoms with Gasteiger partial charge < -0.3 is 25.6 Å². The second-order valence-electron chi connectivity index (χ2n) is 9.35. The Morgan fingerprint density at radius 2 is 1.78 bits per heavy atom. The van der Waals surface area contributed by atoms with Gasteiger partial charge in [-0.15, -0.1) is 11.3 Å². The number of nitrogens with one attached hydrogen (secondary N) is 1. The van der Waals surface area contributed by atoms with Gasteiger partial charge in [0.2, 0.25) is 0 Å². The van der Waals surface area contributed by atoms with E-state index >= 15 is 0 Å². The van der Waals surface area contributed by atoms with Crippen molar-refractivity contribution in [3.8, 4) is 10.4 Å². The number of hydrogen-bond acceptors (Lipinski definition) is 5. The number of nitrogens with two attached hydrogens (primary N) is 1. The number of benzene rings is 1. The zero-order chi connectivity index (χ0) is 23.3. The fourth-order valence-corrected chi connectivity index (χ4v) is 5.11. The first-order valence-corrected chi connectivity index (χ1v) is 11.0. The Kier molecular flexibility index (Phi) is 5.36. The number of likely N-dealkylation sites (tertiary alicyclic amines) is 2. The maximum atomic E-state index is 13.6. The van der Waals surface area contributed by atoms with E-state index < -0.39 is 17.4 Å². The topological polar surface area (TPSA) is 105 Å². The molecule has 8 nitrogen and oxygen atoms in total. The molecule has 4 rings (SSSR count). The van der Waals surface area contributed by atoms with E-state index in [9.17, 15) is 18.8 Å². The van der Waals surface area contributed by atoms with Crippen LogP contribution in [0.5, 0.6) is 0 Å². The summed E-state index contributed by atoms with van der Waals surface area (Å²) < 4.78 is 19.0. The van der Waals surface area contributed by atoms with Crippen molar-refractivity contribution in [1.82, 2.24) is 9.80 Å². The van der Waals surface area contributed by atoms with Crippen molar-refractivity contribution in [2.45, 2.75) is 26.4 Å². The predicted molar refractivity (Wildman–Crippen MR) is 119 cm³/mol. The Labute approximate surface area is 189 Å². The van der Waals surface area contributed by atoms with Crippen LogP contribution in [0, 0.1) is 11.2 Å². The van der Waals surface area contributed by atoms with E-state index in [2.05, 4.69) is 5.32 Å². The molecule has 10 heteroatoms. The Morgan fingerprint density at radius 1 is 1.12 bits per heavy atom. The molecule has 170 valence electrons. The Hall–Kier alpha value is -3.14. The lowest BCUT2D eigenvalue weighted by Crippen LogP contribution is -2.73. The van der Waals surface area contributed by atoms with E-state index in [-0.39, 0.29) is 17.4 Å². The first-order chi connectivity index (χ1) is 14.9. The highest BCUT2D eigenvalue weighted by Gasteiger charge is 2.55. The zero-order valence-electron chi connectivity index (χ0n) is 18.1. The molecule has 0 saturated carbocycles. The molecule has 2 aliphatic heterocycles. The summed E-state index contributed by atoms with van der Waals surface area (Å²) in [5, 5.41) is 2.49. The number of rotatable bonds is 3. The highest BCUT2D eigenvalue weighted by atomic mass is 32.1. The third-order valence-electron chi connectivity index (χ3n) is 5.34. The number of nitrogens with zero attached hydrogens (tertiary/aromatic N) is 2. The van der Waals surface area contributed by atoms with Crippen molar-refractivity contribution >= 4 is 35.1 Å². The zero-order valence-corrected chi connectivity index (χ0v) is 18.9. The molecular formula is C22H25FN4O4S. The Bertz CT molecular complexity index is 1080. The maximum absolute atomic E-state index is 13.6. The Balaban J connectivity index is 1.44. The summed E-state index contributed by atoms with van der Waals surface area (Å²) in [6.45, 7) is 7.56.